The molecule has 4 fully saturated rings. The smallest absolute Gasteiger partial charge is 0.0653 e. The molecule has 1 spiro atoms. The van der Waals surface area contributed by atoms with Gasteiger partial charge >= 0.3 is 0 Å². The highest BCUT2D eigenvalue weighted by atomic mass is 16.3. The lowest BCUT2D eigenvalue weighted by atomic mass is 9.41. The minimum Gasteiger partial charge on any atom is -0.390 e. The van der Waals surface area contributed by atoms with Crippen LogP contribution >= 0.6 is 0 Å². The zero-order chi connectivity index (χ0) is 15.1. The summed E-state index contributed by atoms with van der Waals surface area (Å²) in [6.45, 7) is 9.83. The van der Waals surface area contributed by atoms with Crippen LogP contribution in [0.3, 0.4) is 0 Å². The second-order valence-corrected chi connectivity index (χ2v) is 10.4. The van der Waals surface area contributed by atoms with Crippen LogP contribution < -0.4 is 0 Å². The van der Waals surface area contributed by atoms with Gasteiger partial charge in [0, 0.05) is 0 Å². The summed E-state index contributed by atoms with van der Waals surface area (Å²) in [6.07, 6.45) is 12.2. The molecule has 1 heteroatoms. The van der Waals surface area contributed by atoms with Gasteiger partial charge in [0.15, 0.2) is 0 Å². The molecule has 0 amide bonds. The molecule has 4 saturated carbocycles. The minimum absolute atomic E-state index is 0.373. The van der Waals surface area contributed by atoms with E-state index in [1.807, 2.05) is 0 Å². The van der Waals surface area contributed by atoms with Crippen LogP contribution in [0.2, 0.25) is 0 Å². The first-order valence-corrected chi connectivity index (χ1v) is 9.42. The lowest BCUT2D eigenvalue weighted by molar-refractivity contribution is -0.145. The summed E-state index contributed by atoms with van der Waals surface area (Å²) in [6, 6.07) is 0. The highest BCUT2D eigenvalue weighted by Gasteiger charge is 2.65. The molecule has 0 saturated heterocycles. The topological polar surface area (TPSA) is 20.2 Å². The summed E-state index contributed by atoms with van der Waals surface area (Å²) in [5.74, 6) is 2.38. The van der Waals surface area contributed by atoms with Crippen molar-refractivity contribution in [3.8, 4) is 0 Å². The number of rotatable bonds is 0. The maximum absolute atomic E-state index is 10.9. The standard InChI is InChI=1S/C20H34O/c1-17(2)9-5-10-18(3)15(17)8-11-20-12-14(6-7-16(18)20)19(4,21)13-20/h14-16,21H,5-13H2,1-4H3/t14-,15+,16-,18+,19+,20-/m1/s1. The van der Waals surface area contributed by atoms with Crippen molar-refractivity contribution >= 4 is 0 Å². The van der Waals surface area contributed by atoms with E-state index in [4.69, 9.17) is 0 Å². The molecular weight excluding hydrogens is 256 g/mol. The van der Waals surface area contributed by atoms with E-state index in [-0.39, 0.29) is 5.60 Å². The molecule has 120 valence electrons. The summed E-state index contributed by atoms with van der Waals surface area (Å²) in [5, 5.41) is 10.9. The summed E-state index contributed by atoms with van der Waals surface area (Å²) in [5.41, 5.74) is 1.20. The monoisotopic (exact) mass is 290 g/mol. The Morgan fingerprint density at radius 2 is 1.62 bits per heavy atom. The zero-order valence-electron chi connectivity index (χ0n) is 14.5. The molecule has 0 aromatic rings. The highest BCUT2D eigenvalue weighted by Crippen LogP contribution is 2.72. The van der Waals surface area contributed by atoms with E-state index in [0.29, 0.717) is 22.2 Å². The van der Waals surface area contributed by atoms with Crippen molar-refractivity contribution in [3.05, 3.63) is 0 Å². The minimum atomic E-state index is -0.373. The van der Waals surface area contributed by atoms with Gasteiger partial charge in [-0.05, 0) is 92.3 Å². The van der Waals surface area contributed by atoms with Gasteiger partial charge in [0.2, 0.25) is 0 Å². The van der Waals surface area contributed by atoms with E-state index in [1.165, 1.54) is 51.4 Å². The van der Waals surface area contributed by atoms with Gasteiger partial charge in [-0.15, -0.1) is 0 Å². The van der Waals surface area contributed by atoms with Crippen molar-refractivity contribution in [2.24, 2.45) is 34.0 Å². The van der Waals surface area contributed by atoms with Gasteiger partial charge in [-0.3, -0.25) is 0 Å². The number of hydrogen-bond donors (Lipinski definition) is 1. The first-order chi connectivity index (χ1) is 9.70. The van der Waals surface area contributed by atoms with Gasteiger partial charge in [-0.2, -0.15) is 0 Å². The van der Waals surface area contributed by atoms with Gasteiger partial charge < -0.3 is 5.11 Å². The fourth-order valence-electron chi connectivity index (χ4n) is 8.12. The average molecular weight is 290 g/mol. The van der Waals surface area contributed by atoms with Crippen LogP contribution in [-0.2, 0) is 0 Å². The maximum atomic E-state index is 10.9. The van der Waals surface area contributed by atoms with Crippen LogP contribution in [0.1, 0.15) is 85.5 Å². The van der Waals surface area contributed by atoms with Crippen molar-refractivity contribution < 1.29 is 5.11 Å². The molecule has 1 N–H and O–H groups in total. The zero-order valence-corrected chi connectivity index (χ0v) is 14.5. The molecule has 0 aliphatic heterocycles. The molecule has 4 rings (SSSR count). The number of fused-ring (bicyclic) bond motifs is 3. The normalized spacial score (nSPS) is 58.4. The second-order valence-electron chi connectivity index (χ2n) is 10.4. The molecule has 0 aromatic heterocycles. The molecule has 0 heterocycles. The van der Waals surface area contributed by atoms with Crippen LogP contribution in [0.4, 0.5) is 0 Å². The van der Waals surface area contributed by atoms with Crippen molar-refractivity contribution in [1.29, 1.82) is 0 Å². The molecule has 0 unspecified atom stereocenters. The molecule has 4 aliphatic rings. The third-order valence-electron chi connectivity index (χ3n) is 8.79. The molecule has 0 radical (unpaired) electrons. The predicted octanol–water partition coefficient (Wildman–Crippen LogP) is 5.17. The Morgan fingerprint density at radius 3 is 2.38 bits per heavy atom. The van der Waals surface area contributed by atoms with Gasteiger partial charge in [-0.25, -0.2) is 0 Å². The summed E-state index contributed by atoms with van der Waals surface area (Å²) in [7, 11) is 0. The van der Waals surface area contributed by atoms with Gasteiger partial charge in [0.05, 0.1) is 5.60 Å². The molecule has 4 aliphatic carbocycles. The lowest BCUT2D eigenvalue weighted by Crippen LogP contribution is -2.55. The van der Waals surface area contributed by atoms with Crippen molar-refractivity contribution in [2.75, 3.05) is 0 Å². The molecule has 6 atom stereocenters. The van der Waals surface area contributed by atoms with Crippen LogP contribution in [0.25, 0.3) is 0 Å². The van der Waals surface area contributed by atoms with Gasteiger partial charge in [0.25, 0.3) is 0 Å². The quantitative estimate of drug-likeness (QED) is 0.652. The van der Waals surface area contributed by atoms with Crippen LogP contribution in [0.5, 0.6) is 0 Å². The van der Waals surface area contributed by atoms with Crippen molar-refractivity contribution in [1.82, 2.24) is 0 Å². The fraction of sp³-hybridized carbons (Fsp3) is 1.00. The first kappa shape index (κ1) is 14.5. The Balaban J connectivity index is 1.73. The molecule has 2 bridgehead atoms. The van der Waals surface area contributed by atoms with E-state index in [1.54, 1.807) is 0 Å². The third-order valence-corrected chi connectivity index (χ3v) is 8.79. The SMILES string of the molecule is CC1(C)CCC[C@@]2(C)[C@H]1CC[C@]13C[C@@H](CC[C@@H]12)[C@@](C)(O)C3. The van der Waals surface area contributed by atoms with Crippen LogP contribution in [-0.4, -0.2) is 10.7 Å². The lowest BCUT2D eigenvalue weighted by Gasteiger charge is -2.64. The summed E-state index contributed by atoms with van der Waals surface area (Å²) >= 11 is 0. The Labute approximate surface area is 130 Å². The third kappa shape index (κ3) is 1.79. The van der Waals surface area contributed by atoms with Gasteiger partial charge in [-0.1, -0.05) is 27.2 Å². The summed E-state index contributed by atoms with van der Waals surface area (Å²) in [4.78, 5) is 0. The van der Waals surface area contributed by atoms with E-state index in [9.17, 15) is 5.11 Å². The Kier molecular flexibility index (Phi) is 2.82. The van der Waals surface area contributed by atoms with Crippen molar-refractivity contribution in [2.45, 2.75) is 91.1 Å². The van der Waals surface area contributed by atoms with Gasteiger partial charge in [0.1, 0.15) is 0 Å². The molecule has 21 heavy (non-hydrogen) atoms. The molecule has 0 aromatic carbocycles. The van der Waals surface area contributed by atoms with Crippen LogP contribution in [0.15, 0.2) is 0 Å². The van der Waals surface area contributed by atoms with E-state index >= 15 is 0 Å². The van der Waals surface area contributed by atoms with Crippen molar-refractivity contribution in [3.63, 3.8) is 0 Å². The Morgan fingerprint density at radius 1 is 0.857 bits per heavy atom. The Bertz CT molecular complexity index is 451. The maximum Gasteiger partial charge on any atom is 0.0653 e. The number of hydrogen-bond acceptors (Lipinski definition) is 1. The molecular formula is C20H34O. The predicted molar refractivity (Wildman–Crippen MR) is 87.0 cm³/mol. The van der Waals surface area contributed by atoms with E-state index < -0.39 is 0 Å². The second kappa shape index (κ2) is 4.08. The summed E-state index contributed by atoms with van der Waals surface area (Å²) < 4.78 is 0. The highest BCUT2D eigenvalue weighted by molar-refractivity contribution is 5.15. The number of aliphatic hydroxyl groups is 1. The van der Waals surface area contributed by atoms with E-state index in [0.717, 1.165) is 18.3 Å². The average Bonchev–Trinajstić information content (AvgIpc) is 2.53. The first-order valence-electron chi connectivity index (χ1n) is 9.42. The fourth-order valence-corrected chi connectivity index (χ4v) is 8.12. The van der Waals surface area contributed by atoms with E-state index in [2.05, 4.69) is 27.7 Å². The Hall–Kier alpha value is -0.0400. The van der Waals surface area contributed by atoms with Crippen LogP contribution in [0, 0.1) is 34.0 Å². The largest absolute Gasteiger partial charge is 0.390 e. The molecule has 1 nitrogen and oxygen atoms in total.